The first-order chi connectivity index (χ1) is 7.71. The number of aromatic hydroxyl groups is 1. The lowest BCUT2D eigenvalue weighted by molar-refractivity contribution is -0.120. The maximum atomic E-state index is 11.6. The normalized spacial score (nSPS) is 11.0. The highest BCUT2D eigenvalue weighted by atomic mass is 16.4. The number of phenolic OH excluding ortho intramolecular Hbond substituents is 1. The SMILES string of the molecule is CC(C)(N)C(=O)Nc1ccc(O)cc1C(=O)O. The number of carboxylic acid groups (broad SMARTS) is 1. The quantitative estimate of drug-likeness (QED) is 0.581. The zero-order chi connectivity index (χ0) is 13.2. The lowest BCUT2D eigenvalue weighted by atomic mass is 10.1. The van der Waals surface area contributed by atoms with Crippen LogP contribution in [0.5, 0.6) is 5.75 Å². The number of hydrogen-bond donors (Lipinski definition) is 4. The van der Waals surface area contributed by atoms with Crippen LogP contribution in [-0.4, -0.2) is 27.6 Å². The number of rotatable bonds is 3. The highest BCUT2D eigenvalue weighted by Crippen LogP contribution is 2.22. The number of nitrogens with one attached hydrogen (secondary N) is 1. The minimum atomic E-state index is -1.24. The molecule has 0 aliphatic carbocycles. The molecule has 0 aliphatic rings. The molecule has 0 radical (unpaired) electrons. The molecule has 0 saturated carbocycles. The van der Waals surface area contributed by atoms with E-state index in [0.29, 0.717) is 0 Å². The Morgan fingerprint density at radius 3 is 2.41 bits per heavy atom. The molecule has 6 heteroatoms. The van der Waals surface area contributed by atoms with Crippen LogP contribution in [0.4, 0.5) is 5.69 Å². The van der Waals surface area contributed by atoms with E-state index in [4.69, 9.17) is 10.8 Å². The van der Waals surface area contributed by atoms with Crippen molar-refractivity contribution in [3.63, 3.8) is 0 Å². The molecule has 0 atom stereocenters. The molecule has 1 rings (SSSR count). The van der Waals surface area contributed by atoms with Gasteiger partial charge in [0.05, 0.1) is 16.8 Å². The van der Waals surface area contributed by atoms with E-state index >= 15 is 0 Å². The summed E-state index contributed by atoms with van der Waals surface area (Å²) in [7, 11) is 0. The van der Waals surface area contributed by atoms with Gasteiger partial charge in [-0.2, -0.15) is 0 Å². The fourth-order valence-electron chi connectivity index (χ4n) is 1.10. The van der Waals surface area contributed by atoms with Gasteiger partial charge in [0, 0.05) is 0 Å². The van der Waals surface area contributed by atoms with E-state index in [0.717, 1.165) is 6.07 Å². The van der Waals surface area contributed by atoms with Gasteiger partial charge in [-0.15, -0.1) is 0 Å². The van der Waals surface area contributed by atoms with Crippen LogP contribution in [0, 0.1) is 0 Å². The smallest absolute Gasteiger partial charge is 0.337 e. The largest absolute Gasteiger partial charge is 0.508 e. The Labute approximate surface area is 98.1 Å². The van der Waals surface area contributed by atoms with Crippen LogP contribution in [0.1, 0.15) is 24.2 Å². The van der Waals surface area contributed by atoms with Crippen LogP contribution in [0.15, 0.2) is 18.2 Å². The summed E-state index contributed by atoms with van der Waals surface area (Å²) in [4.78, 5) is 22.5. The third-order valence-electron chi connectivity index (χ3n) is 2.07. The van der Waals surface area contributed by atoms with E-state index in [1.165, 1.54) is 26.0 Å². The molecule has 17 heavy (non-hydrogen) atoms. The first-order valence-corrected chi connectivity index (χ1v) is 4.88. The maximum absolute atomic E-state index is 11.6. The van der Waals surface area contributed by atoms with Crippen molar-refractivity contribution in [2.75, 3.05) is 5.32 Å². The number of aromatic carboxylic acids is 1. The van der Waals surface area contributed by atoms with Crippen molar-refractivity contribution < 1.29 is 19.8 Å². The first-order valence-electron chi connectivity index (χ1n) is 4.88. The fraction of sp³-hybridized carbons (Fsp3) is 0.273. The summed E-state index contributed by atoms with van der Waals surface area (Å²) in [5.74, 6) is -1.94. The molecule has 0 unspecified atom stereocenters. The lowest BCUT2D eigenvalue weighted by Gasteiger charge is -2.18. The second-order valence-corrected chi connectivity index (χ2v) is 4.21. The average Bonchev–Trinajstić information content (AvgIpc) is 2.18. The van der Waals surface area contributed by atoms with Gasteiger partial charge < -0.3 is 21.3 Å². The van der Waals surface area contributed by atoms with Crippen LogP contribution in [0.25, 0.3) is 0 Å². The number of phenols is 1. The van der Waals surface area contributed by atoms with E-state index < -0.39 is 17.4 Å². The molecule has 5 N–H and O–H groups in total. The van der Waals surface area contributed by atoms with E-state index in [2.05, 4.69) is 5.32 Å². The number of benzene rings is 1. The second kappa shape index (κ2) is 4.42. The molecule has 0 saturated heterocycles. The average molecular weight is 238 g/mol. The Morgan fingerprint density at radius 1 is 1.35 bits per heavy atom. The molecule has 0 spiro atoms. The molecule has 0 fully saturated rings. The number of carbonyl (C=O) groups excluding carboxylic acids is 1. The highest BCUT2D eigenvalue weighted by molar-refractivity contribution is 6.03. The van der Waals surface area contributed by atoms with Gasteiger partial charge in [0.1, 0.15) is 5.75 Å². The monoisotopic (exact) mass is 238 g/mol. The predicted molar refractivity (Wildman–Crippen MR) is 62.0 cm³/mol. The standard InChI is InChI=1S/C11H14N2O4/c1-11(2,12)10(17)13-8-4-3-6(14)5-7(8)9(15)16/h3-5,14H,12H2,1-2H3,(H,13,17)(H,15,16). The number of anilines is 1. The highest BCUT2D eigenvalue weighted by Gasteiger charge is 2.23. The Morgan fingerprint density at radius 2 is 1.94 bits per heavy atom. The summed E-state index contributed by atoms with van der Waals surface area (Å²) < 4.78 is 0. The first kappa shape index (κ1) is 13.0. The number of hydrogen-bond acceptors (Lipinski definition) is 4. The van der Waals surface area contributed by atoms with Crippen molar-refractivity contribution in [1.29, 1.82) is 0 Å². The van der Waals surface area contributed by atoms with Gasteiger partial charge in [0.25, 0.3) is 0 Å². The predicted octanol–water partition coefficient (Wildman–Crippen LogP) is 0.766. The summed E-state index contributed by atoms with van der Waals surface area (Å²) in [5.41, 5.74) is 4.36. The van der Waals surface area contributed by atoms with Crippen LogP contribution in [-0.2, 0) is 4.79 Å². The molecular formula is C11H14N2O4. The molecular weight excluding hydrogens is 224 g/mol. The number of carbonyl (C=O) groups is 2. The minimum Gasteiger partial charge on any atom is -0.508 e. The lowest BCUT2D eigenvalue weighted by Crippen LogP contribution is -2.45. The Kier molecular flexibility index (Phi) is 3.38. The number of amides is 1. The summed E-state index contributed by atoms with van der Waals surface area (Å²) in [5, 5.41) is 20.5. The summed E-state index contributed by atoms with van der Waals surface area (Å²) >= 11 is 0. The number of carboxylic acids is 1. The van der Waals surface area contributed by atoms with Crippen molar-refractivity contribution in [1.82, 2.24) is 0 Å². The van der Waals surface area contributed by atoms with Gasteiger partial charge in [-0.3, -0.25) is 4.79 Å². The van der Waals surface area contributed by atoms with E-state index in [9.17, 15) is 14.7 Å². The van der Waals surface area contributed by atoms with E-state index in [1.807, 2.05) is 0 Å². The summed E-state index contributed by atoms with van der Waals surface area (Å²) in [6.45, 7) is 3.01. The van der Waals surface area contributed by atoms with Crippen molar-refractivity contribution in [3.05, 3.63) is 23.8 Å². The van der Waals surface area contributed by atoms with Crippen molar-refractivity contribution >= 4 is 17.6 Å². The molecule has 1 aromatic rings. The fourth-order valence-corrected chi connectivity index (χ4v) is 1.10. The summed E-state index contributed by atoms with van der Waals surface area (Å²) in [6, 6.07) is 3.65. The van der Waals surface area contributed by atoms with Crippen LogP contribution in [0.3, 0.4) is 0 Å². The van der Waals surface area contributed by atoms with Gasteiger partial charge >= 0.3 is 5.97 Å². The zero-order valence-electron chi connectivity index (χ0n) is 9.52. The third-order valence-corrected chi connectivity index (χ3v) is 2.07. The van der Waals surface area contributed by atoms with E-state index in [1.54, 1.807) is 0 Å². The van der Waals surface area contributed by atoms with Gasteiger partial charge in [0.15, 0.2) is 0 Å². The second-order valence-electron chi connectivity index (χ2n) is 4.21. The van der Waals surface area contributed by atoms with Gasteiger partial charge in [-0.25, -0.2) is 4.79 Å². The third kappa shape index (κ3) is 3.18. The van der Waals surface area contributed by atoms with Crippen molar-refractivity contribution in [3.8, 4) is 5.75 Å². The van der Waals surface area contributed by atoms with Gasteiger partial charge in [-0.05, 0) is 32.0 Å². The molecule has 1 amide bonds. The van der Waals surface area contributed by atoms with Crippen LogP contribution in [0.2, 0.25) is 0 Å². The molecule has 0 aromatic heterocycles. The van der Waals surface area contributed by atoms with Crippen LogP contribution < -0.4 is 11.1 Å². The summed E-state index contributed by atoms with van der Waals surface area (Å²) in [6.07, 6.45) is 0. The molecule has 1 aromatic carbocycles. The minimum absolute atomic E-state index is 0.0961. The Balaban J connectivity index is 3.07. The Bertz CT molecular complexity index is 463. The molecule has 0 aliphatic heterocycles. The molecule has 0 heterocycles. The molecule has 92 valence electrons. The van der Waals surface area contributed by atoms with Gasteiger partial charge in [0.2, 0.25) is 5.91 Å². The van der Waals surface area contributed by atoms with Crippen molar-refractivity contribution in [2.24, 2.45) is 5.73 Å². The van der Waals surface area contributed by atoms with E-state index in [-0.39, 0.29) is 17.0 Å². The molecule has 0 bridgehead atoms. The van der Waals surface area contributed by atoms with Gasteiger partial charge in [-0.1, -0.05) is 0 Å². The van der Waals surface area contributed by atoms with Crippen molar-refractivity contribution in [2.45, 2.75) is 19.4 Å². The zero-order valence-corrected chi connectivity index (χ0v) is 9.52. The topological polar surface area (TPSA) is 113 Å². The van der Waals surface area contributed by atoms with Crippen LogP contribution >= 0.6 is 0 Å². The number of nitrogens with two attached hydrogens (primary N) is 1. The Hall–Kier alpha value is -2.08. The maximum Gasteiger partial charge on any atom is 0.337 e. The molecule has 6 nitrogen and oxygen atoms in total.